The Bertz CT molecular complexity index is 1320. The Morgan fingerprint density at radius 3 is 2.27 bits per heavy atom. The number of para-hydroxylation sites is 1. The van der Waals surface area contributed by atoms with Crippen molar-refractivity contribution in [1.82, 2.24) is 9.97 Å². The van der Waals surface area contributed by atoms with Gasteiger partial charge in [-0.15, -0.1) is 0 Å². The molecular weight excluding hydrogens is 455 g/mol. The Morgan fingerprint density at radius 2 is 1.61 bits per heavy atom. The van der Waals surface area contributed by atoms with E-state index in [1.54, 1.807) is 18.2 Å². The van der Waals surface area contributed by atoms with E-state index in [-0.39, 0.29) is 0 Å². The molecule has 0 saturated heterocycles. The molecule has 4 N–H and O–H groups in total. The van der Waals surface area contributed by atoms with Crippen LogP contribution in [0.4, 0.5) is 28.7 Å². The standard InChI is InChI=1S/C25H20Cl2N6/c1-15-11-19(20(13-28)16-7-9-17(26)10-8-16)21(27)12-22(15)33-25-23(29)24(30-14-31-25)32-18-5-3-2-4-6-18/h2-12,14,20H,29H2,1H3,(H2,30,31,32,33). The Morgan fingerprint density at radius 1 is 0.939 bits per heavy atom. The normalized spacial score (nSPS) is 11.5. The lowest BCUT2D eigenvalue weighted by Gasteiger charge is -2.17. The van der Waals surface area contributed by atoms with E-state index in [9.17, 15) is 5.26 Å². The number of halogens is 2. The predicted octanol–water partition coefficient (Wildman–Crippen LogP) is 6.82. The van der Waals surface area contributed by atoms with E-state index in [1.165, 1.54) is 6.33 Å². The van der Waals surface area contributed by atoms with Crippen LogP contribution in [0.1, 0.15) is 22.6 Å². The first-order chi connectivity index (χ1) is 16.0. The topological polar surface area (TPSA) is 99.6 Å². The summed E-state index contributed by atoms with van der Waals surface area (Å²) < 4.78 is 0. The number of hydrogen-bond donors (Lipinski definition) is 3. The van der Waals surface area contributed by atoms with E-state index in [0.29, 0.717) is 32.9 Å². The fraction of sp³-hybridized carbons (Fsp3) is 0.0800. The maximum Gasteiger partial charge on any atom is 0.159 e. The van der Waals surface area contributed by atoms with Crippen molar-refractivity contribution in [1.29, 1.82) is 5.26 Å². The van der Waals surface area contributed by atoms with Gasteiger partial charge in [-0.3, -0.25) is 0 Å². The molecule has 0 aliphatic rings. The van der Waals surface area contributed by atoms with E-state index in [2.05, 4.69) is 26.7 Å². The van der Waals surface area contributed by atoms with Crippen LogP contribution in [0.2, 0.25) is 10.0 Å². The highest BCUT2D eigenvalue weighted by atomic mass is 35.5. The van der Waals surface area contributed by atoms with Gasteiger partial charge < -0.3 is 16.4 Å². The molecule has 33 heavy (non-hydrogen) atoms. The molecule has 0 fully saturated rings. The number of nitrogens with zero attached hydrogens (tertiary/aromatic N) is 3. The highest BCUT2D eigenvalue weighted by Crippen LogP contribution is 2.36. The minimum Gasteiger partial charge on any atom is -0.393 e. The van der Waals surface area contributed by atoms with E-state index in [0.717, 1.165) is 22.5 Å². The van der Waals surface area contributed by atoms with Gasteiger partial charge in [0.1, 0.15) is 12.0 Å². The number of benzene rings is 3. The number of rotatable bonds is 6. The van der Waals surface area contributed by atoms with Gasteiger partial charge in [0.2, 0.25) is 0 Å². The maximum atomic E-state index is 9.81. The van der Waals surface area contributed by atoms with Crippen LogP contribution in [0.25, 0.3) is 0 Å². The highest BCUT2D eigenvalue weighted by molar-refractivity contribution is 6.32. The van der Waals surface area contributed by atoms with Crippen LogP contribution in [0.5, 0.6) is 0 Å². The molecule has 4 rings (SSSR count). The summed E-state index contributed by atoms with van der Waals surface area (Å²) in [5.41, 5.74) is 10.7. The monoisotopic (exact) mass is 474 g/mol. The van der Waals surface area contributed by atoms with Crippen molar-refractivity contribution >= 4 is 51.9 Å². The number of aryl methyl sites for hydroxylation is 1. The van der Waals surface area contributed by atoms with Crippen molar-refractivity contribution in [3.05, 3.63) is 99.8 Å². The van der Waals surface area contributed by atoms with Crippen molar-refractivity contribution in [3.63, 3.8) is 0 Å². The zero-order valence-corrected chi connectivity index (χ0v) is 19.2. The quantitative estimate of drug-likeness (QED) is 0.283. The maximum absolute atomic E-state index is 9.81. The van der Waals surface area contributed by atoms with Crippen molar-refractivity contribution < 1.29 is 0 Å². The number of nitrogens with two attached hydrogens (primary N) is 1. The highest BCUT2D eigenvalue weighted by Gasteiger charge is 2.19. The Balaban J connectivity index is 1.62. The van der Waals surface area contributed by atoms with Crippen molar-refractivity contribution in [3.8, 4) is 6.07 Å². The molecule has 164 valence electrons. The van der Waals surface area contributed by atoms with Gasteiger partial charge in [-0.1, -0.05) is 59.6 Å². The summed E-state index contributed by atoms with van der Waals surface area (Å²) in [5, 5.41) is 17.3. The first-order valence-electron chi connectivity index (χ1n) is 10.1. The summed E-state index contributed by atoms with van der Waals surface area (Å²) in [6.45, 7) is 1.93. The molecule has 3 aromatic carbocycles. The van der Waals surface area contributed by atoms with Gasteiger partial charge in [-0.25, -0.2) is 9.97 Å². The zero-order valence-electron chi connectivity index (χ0n) is 17.7. The molecule has 0 aliphatic carbocycles. The second-order valence-electron chi connectivity index (χ2n) is 7.40. The molecule has 0 aliphatic heterocycles. The fourth-order valence-electron chi connectivity index (χ4n) is 3.42. The van der Waals surface area contributed by atoms with Crippen LogP contribution in [-0.2, 0) is 0 Å². The number of hydrogen-bond acceptors (Lipinski definition) is 6. The van der Waals surface area contributed by atoms with Gasteiger partial charge in [0.25, 0.3) is 0 Å². The predicted molar refractivity (Wildman–Crippen MR) is 135 cm³/mol. The van der Waals surface area contributed by atoms with Crippen LogP contribution in [0.3, 0.4) is 0 Å². The van der Waals surface area contributed by atoms with E-state index in [1.807, 2.05) is 55.5 Å². The van der Waals surface area contributed by atoms with Gasteiger partial charge in [0.15, 0.2) is 11.6 Å². The van der Waals surface area contributed by atoms with E-state index < -0.39 is 5.92 Å². The molecule has 4 aromatic rings. The molecule has 1 atom stereocenters. The number of anilines is 5. The molecular formula is C25H20Cl2N6. The average molecular weight is 475 g/mol. The SMILES string of the molecule is Cc1cc(C(C#N)c2ccc(Cl)cc2)c(Cl)cc1Nc1ncnc(Nc2ccccc2)c1N. The van der Waals surface area contributed by atoms with Gasteiger partial charge in [0, 0.05) is 21.4 Å². The van der Waals surface area contributed by atoms with E-state index in [4.69, 9.17) is 28.9 Å². The lowest BCUT2D eigenvalue weighted by Crippen LogP contribution is -2.06. The average Bonchev–Trinajstić information content (AvgIpc) is 2.82. The molecule has 1 unspecified atom stereocenters. The number of nitriles is 1. The largest absolute Gasteiger partial charge is 0.393 e. The number of nitrogens with one attached hydrogen (secondary N) is 2. The summed E-state index contributed by atoms with van der Waals surface area (Å²) in [7, 11) is 0. The molecule has 0 bridgehead atoms. The third kappa shape index (κ3) is 5.01. The Kier molecular flexibility index (Phi) is 6.64. The van der Waals surface area contributed by atoms with Crippen LogP contribution < -0.4 is 16.4 Å². The van der Waals surface area contributed by atoms with Crippen LogP contribution in [0.15, 0.2) is 73.1 Å². The Labute approximate surface area is 202 Å². The molecule has 8 heteroatoms. The molecule has 0 radical (unpaired) electrons. The zero-order chi connectivity index (χ0) is 23.4. The summed E-state index contributed by atoms with van der Waals surface area (Å²) in [5.74, 6) is 0.421. The first-order valence-corrected chi connectivity index (χ1v) is 10.9. The van der Waals surface area contributed by atoms with Crippen LogP contribution >= 0.6 is 23.2 Å². The van der Waals surface area contributed by atoms with Crippen LogP contribution in [-0.4, -0.2) is 9.97 Å². The summed E-state index contributed by atoms with van der Waals surface area (Å²) in [4.78, 5) is 8.53. The molecule has 1 aromatic heterocycles. The van der Waals surface area contributed by atoms with Crippen molar-refractivity contribution in [2.45, 2.75) is 12.8 Å². The van der Waals surface area contributed by atoms with Gasteiger partial charge in [0.05, 0.1) is 12.0 Å². The second kappa shape index (κ2) is 9.78. The van der Waals surface area contributed by atoms with Gasteiger partial charge in [-0.05, 0) is 53.9 Å². The molecule has 0 amide bonds. The van der Waals surface area contributed by atoms with Crippen molar-refractivity contribution in [2.24, 2.45) is 0 Å². The summed E-state index contributed by atoms with van der Waals surface area (Å²) in [6.07, 6.45) is 1.43. The van der Waals surface area contributed by atoms with E-state index >= 15 is 0 Å². The third-order valence-electron chi connectivity index (χ3n) is 5.16. The molecule has 0 saturated carbocycles. The smallest absolute Gasteiger partial charge is 0.159 e. The minimum absolute atomic E-state index is 0.372. The summed E-state index contributed by atoms with van der Waals surface area (Å²) in [6, 6.07) is 22.8. The fourth-order valence-corrected chi connectivity index (χ4v) is 3.82. The third-order valence-corrected chi connectivity index (χ3v) is 5.74. The molecule has 1 heterocycles. The lowest BCUT2D eigenvalue weighted by molar-refractivity contribution is 1.03. The summed E-state index contributed by atoms with van der Waals surface area (Å²) >= 11 is 12.6. The second-order valence-corrected chi connectivity index (χ2v) is 8.25. The minimum atomic E-state index is -0.520. The number of nitrogen functional groups attached to an aromatic ring is 1. The molecule has 0 spiro atoms. The van der Waals surface area contributed by atoms with Gasteiger partial charge in [-0.2, -0.15) is 5.26 Å². The van der Waals surface area contributed by atoms with Gasteiger partial charge >= 0.3 is 0 Å². The lowest BCUT2D eigenvalue weighted by atomic mass is 9.91. The Hall–Kier alpha value is -3.79. The first kappa shape index (κ1) is 22.4. The number of aromatic nitrogens is 2. The van der Waals surface area contributed by atoms with Crippen molar-refractivity contribution in [2.75, 3.05) is 16.4 Å². The van der Waals surface area contributed by atoms with Crippen LogP contribution in [0, 0.1) is 18.3 Å². The molecule has 6 nitrogen and oxygen atoms in total.